The minimum absolute atomic E-state index is 0.301. The number of nitrogens with zero attached hydrogens (tertiary/aromatic N) is 3. The van der Waals surface area contributed by atoms with Crippen molar-refractivity contribution in [3.63, 3.8) is 0 Å². The maximum atomic E-state index is 4.19. The number of likely N-dealkylation sites (N-methyl/N-ethyl adjacent to an activating group) is 1. The average Bonchev–Trinajstić information content (AvgIpc) is 2.14. The molecular weight excluding hydrogens is 162 g/mol. The zero-order valence-electron chi connectivity index (χ0n) is 9.25. The van der Waals surface area contributed by atoms with Gasteiger partial charge in [-0.15, -0.1) is 0 Å². The predicted molar refractivity (Wildman–Crippen MR) is 57.7 cm³/mol. The van der Waals surface area contributed by atoms with E-state index >= 15 is 0 Å². The molecule has 76 valence electrons. The van der Waals surface area contributed by atoms with Gasteiger partial charge < -0.3 is 4.90 Å². The lowest BCUT2D eigenvalue weighted by Crippen LogP contribution is -2.29. The normalized spacial score (nSPS) is 12.4. The first-order valence-electron chi connectivity index (χ1n) is 5.08. The van der Waals surface area contributed by atoms with Gasteiger partial charge in [0.2, 0.25) is 0 Å². The van der Waals surface area contributed by atoms with Crippen LogP contribution in [0.5, 0.6) is 0 Å². The highest BCUT2D eigenvalue weighted by molar-refractivity contribution is 5.41. The van der Waals surface area contributed by atoms with Gasteiger partial charge >= 0.3 is 0 Å². The van der Waals surface area contributed by atoms with Gasteiger partial charge in [-0.1, -0.05) is 13.8 Å². The van der Waals surface area contributed by atoms with E-state index in [1.54, 1.807) is 0 Å². The van der Waals surface area contributed by atoms with Gasteiger partial charge in [0.25, 0.3) is 0 Å². The topological polar surface area (TPSA) is 28.0 Å². The number of rotatable bonds is 6. The molecule has 0 aromatic rings. The Kier molecular flexibility index (Phi) is 7.56. The van der Waals surface area contributed by atoms with E-state index < -0.39 is 0 Å². The van der Waals surface area contributed by atoms with Gasteiger partial charge in [-0.3, -0.25) is 0 Å². The van der Waals surface area contributed by atoms with E-state index in [2.05, 4.69) is 41.7 Å². The molecule has 0 spiro atoms. The maximum absolute atomic E-state index is 4.19. The van der Waals surface area contributed by atoms with Crippen molar-refractivity contribution in [1.82, 2.24) is 4.90 Å². The van der Waals surface area contributed by atoms with E-state index in [4.69, 9.17) is 0 Å². The molecule has 0 aromatic carbocycles. The molecule has 0 saturated heterocycles. The summed E-state index contributed by atoms with van der Waals surface area (Å²) in [5.74, 6) is 0. The van der Waals surface area contributed by atoms with Gasteiger partial charge in [-0.05, 0) is 26.9 Å². The van der Waals surface area contributed by atoms with Crippen LogP contribution >= 0.6 is 0 Å². The highest BCUT2D eigenvalue weighted by Gasteiger charge is 2.03. The van der Waals surface area contributed by atoms with Gasteiger partial charge in [-0.2, -0.15) is 0 Å². The van der Waals surface area contributed by atoms with Crippen molar-refractivity contribution in [2.75, 3.05) is 26.2 Å². The minimum Gasteiger partial charge on any atom is -0.302 e. The van der Waals surface area contributed by atoms with E-state index in [1.807, 2.05) is 6.92 Å². The number of hydrogen-bond acceptors (Lipinski definition) is 3. The molecule has 0 aliphatic heterocycles. The Bertz CT molecular complexity index is 167. The van der Waals surface area contributed by atoms with E-state index in [9.17, 15) is 0 Å². The molecule has 0 aliphatic rings. The third kappa shape index (κ3) is 6.50. The summed E-state index contributed by atoms with van der Waals surface area (Å²) in [6.45, 7) is 12.3. The van der Waals surface area contributed by atoms with Crippen LogP contribution in [0.3, 0.4) is 0 Å². The second-order valence-corrected chi connectivity index (χ2v) is 3.04. The fraction of sp³-hybridized carbons (Fsp3) is 0.900. The summed E-state index contributed by atoms with van der Waals surface area (Å²) in [5.41, 5.74) is 0. The lowest BCUT2D eigenvalue weighted by Gasteiger charge is -2.19. The van der Waals surface area contributed by atoms with Crippen LogP contribution in [0.25, 0.3) is 0 Å². The zero-order chi connectivity index (χ0) is 10.1. The molecule has 0 saturated carbocycles. The second-order valence-electron chi connectivity index (χ2n) is 3.04. The van der Waals surface area contributed by atoms with Crippen LogP contribution < -0.4 is 0 Å². The standard InChI is InChI=1S/C10H21N3/c1-5-11-9-12-10(4)8-13(6-2)7-3/h10H,5-8H2,1-4H3. The number of aliphatic imine (C=N–C) groups is 2. The Balaban J connectivity index is 3.84. The van der Waals surface area contributed by atoms with E-state index in [0.29, 0.717) is 6.04 Å². The van der Waals surface area contributed by atoms with Crippen molar-refractivity contribution in [2.45, 2.75) is 33.7 Å². The molecule has 0 bridgehead atoms. The van der Waals surface area contributed by atoms with Crippen molar-refractivity contribution in [3.8, 4) is 0 Å². The first-order chi connectivity index (χ1) is 6.24. The summed E-state index contributed by atoms with van der Waals surface area (Å²) in [6.07, 6.45) is 0. The first kappa shape index (κ1) is 12.3. The Labute approximate surface area is 81.6 Å². The average molecular weight is 183 g/mol. The molecular formula is C10H21N3. The molecule has 13 heavy (non-hydrogen) atoms. The maximum Gasteiger partial charge on any atom is 0.0895 e. The Morgan fingerprint density at radius 2 is 1.85 bits per heavy atom. The quantitative estimate of drug-likeness (QED) is 0.578. The molecule has 0 radical (unpaired) electrons. The van der Waals surface area contributed by atoms with Crippen molar-refractivity contribution in [1.29, 1.82) is 0 Å². The number of hydrogen-bond donors (Lipinski definition) is 0. The SMILES string of the molecule is CCN=C=NC(C)CN(CC)CC. The van der Waals surface area contributed by atoms with Crippen LogP contribution in [0.1, 0.15) is 27.7 Å². The highest BCUT2D eigenvalue weighted by atomic mass is 15.1. The van der Waals surface area contributed by atoms with Crippen LogP contribution in [-0.2, 0) is 0 Å². The van der Waals surface area contributed by atoms with E-state index in [0.717, 1.165) is 26.2 Å². The first-order valence-corrected chi connectivity index (χ1v) is 5.08. The Hall–Kier alpha value is -0.660. The van der Waals surface area contributed by atoms with Crippen molar-refractivity contribution < 1.29 is 0 Å². The second kappa shape index (κ2) is 7.96. The Morgan fingerprint density at radius 1 is 1.23 bits per heavy atom. The van der Waals surface area contributed by atoms with Gasteiger partial charge in [-0.25, -0.2) is 9.98 Å². The smallest absolute Gasteiger partial charge is 0.0895 e. The third-order valence-electron chi connectivity index (χ3n) is 1.92. The largest absolute Gasteiger partial charge is 0.302 e. The molecule has 1 unspecified atom stereocenters. The summed E-state index contributed by atoms with van der Waals surface area (Å²) in [5, 5.41) is 0. The van der Waals surface area contributed by atoms with Gasteiger partial charge in [0.05, 0.1) is 12.1 Å². The molecule has 0 heterocycles. The molecule has 0 amide bonds. The molecule has 1 atom stereocenters. The zero-order valence-corrected chi connectivity index (χ0v) is 9.25. The van der Waals surface area contributed by atoms with Gasteiger partial charge in [0, 0.05) is 13.1 Å². The summed E-state index contributed by atoms with van der Waals surface area (Å²) < 4.78 is 0. The van der Waals surface area contributed by atoms with Crippen LogP contribution in [0, 0.1) is 0 Å². The van der Waals surface area contributed by atoms with E-state index in [-0.39, 0.29) is 0 Å². The summed E-state index contributed by atoms with van der Waals surface area (Å²) in [7, 11) is 0. The summed E-state index contributed by atoms with van der Waals surface area (Å²) in [4.78, 5) is 10.5. The van der Waals surface area contributed by atoms with Crippen LogP contribution in [-0.4, -0.2) is 43.1 Å². The fourth-order valence-corrected chi connectivity index (χ4v) is 1.11. The van der Waals surface area contributed by atoms with Crippen molar-refractivity contribution >= 4 is 6.01 Å². The summed E-state index contributed by atoms with van der Waals surface area (Å²) >= 11 is 0. The molecule has 0 aromatic heterocycles. The monoisotopic (exact) mass is 183 g/mol. The molecule has 0 rings (SSSR count). The highest BCUT2D eigenvalue weighted by Crippen LogP contribution is 1.94. The summed E-state index contributed by atoms with van der Waals surface area (Å²) in [6, 6.07) is 3.01. The van der Waals surface area contributed by atoms with Crippen LogP contribution in [0.4, 0.5) is 0 Å². The van der Waals surface area contributed by atoms with Gasteiger partial charge in [0.1, 0.15) is 0 Å². The van der Waals surface area contributed by atoms with Crippen molar-refractivity contribution in [2.24, 2.45) is 9.98 Å². The third-order valence-corrected chi connectivity index (χ3v) is 1.92. The lowest BCUT2D eigenvalue weighted by molar-refractivity contribution is 0.290. The van der Waals surface area contributed by atoms with Gasteiger partial charge in [0.15, 0.2) is 0 Å². The molecule has 0 fully saturated rings. The molecule has 3 nitrogen and oxygen atoms in total. The van der Waals surface area contributed by atoms with Crippen LogP contribution in [0.2, 0.25) is 0 Å². The molecule has 3 heteroatoms. The fourth-order valence-electron chi connectivity index (χ4n) is 1.11. The Morgan fingerprint density at radius 3 is 2.31 bits per heavy atom. The molecule has 0 N–H and O–H groups in total. The lowest BCUT2D eigenvalue weighted by atomic mass is 10.3. The van der Waals surface area contributed by atoms with Crippen LogP contribution in [0.15, 0.2) is 9.98 Å². The predicted octanol–water partition coefficient (Wildman–Crippen LogP) is 1.91. The van der Waals surface area contributed by atoms with E-state index in [1.165, 1.54) is 0 Å². The van der Waals surface area contributed by atoms with Crippen molar-refractivity contribution in [3.05, 3.63) is 0 Å². The minimum atomic E-state index is 0.301. The molecule has 0 aliphatic carbocycles.